The zero-order chi connectivity index (χ0) is 19.7. The maximum atomic E-state index is 5.92. The van der Waals surface area contributed by atoms with Crippen LogP contribution in [0.25, 0.3) is 22.3 Å². The summed E-state index contributed by atoms with van der Waals surface area (Å²) in [5, 5.41) is 0.943. The number of nitrogens with zero attached hydrogens (tertiary/aromatic N) is 3. The molecule has 1 aliphatic heterocycles. The molecule has 4 rings (SSSR count). The van der Waals surface area contributed by atoms with Gasteiger partial charge in [-0.1, -0.05) is 30.3 Å². The molecular weight excluding hydrogens is 354 g/mol. The molecule has 2 heterocycles. The monoisotopic (exact) mass is 379 g/mol. The molecule has 0 aliphatic carbocycles. The third kappa shape index (κ3) is 3.47. The Bertz CT molecular complexity index is 968. The number of rotatable bonds is 4. The van der Waals surface area contributed by atoms with Crippen LogP contribution in [0.2, 0.25) is 0 Å². The van der Waals surface area contributed by atoms with Crippen LogP contribution in [-0.4, -0.2) is 49.5 Å². The summed E-state index contributed by atoms with van der Waals surface area (Å²) in [5.41, 5.74) is 1.81. The quantitative estimate of drug-likeness (QED) is 0.685. The first-order chi connectivity index (χ1) is 13.6. The first kappa shape index (κ1) is 18.5. The number of fused-ring (bicyclic) bond motifs is 1. The van der Waals surface area contributed by atoms with E-state index in [4.69, 9.17) is 24.2 Å². The second-order valence-electron chi connectivity index (χ2n) is 7.12. The maximum Gasteiger partial charge on any atom is 0.162 e. The highest BCUT2D eigenvalue weighted by Crippen LogP contribution is 2.37. The lowest BCUT2D eigenvalue weighted by molar-refractivity contribution is -0.00536. The molecule has 0 unspecified atom stereocenters. The Morgan fingerprint density at radius 3 is 2.21 bits per heavy atom. The van der Waals surface area contributed by atoms with Crippen LogP contribution < -0.4 is 14.4 Å². The molecular formula is C22H25N3O3. The van der Waals surface area contributed by atoms with Gasteiger partial charge < -0.3 is 19.1 Å². The van der Waals surface area contributed by atoms with Gasteiger partial charge in [0, 0.05) is 30.1 Å². The fourth-order valence-corrected chi connectivity index (χ4v) is 3.75. The standard InChI is InChI=1S/C22H25N3O3/c1-14-12-25(13-15(2)28-14)22-17-10-19(26-3)20(27-4)11-18(17)23-21(24-22)16-8-6-5-7-9-16/h5-11,14-15H,12-13H2,1-4H3/t14-,15-/m1/s1. The third-order valence-corrected chi connectivity index (χ3v) is 4.93. The van der Waals surface area contributed by atoms with Crippen molar-refractivity contribution in [2.24, 2.45) is 0 Å². The van der Waals surface area contributed by atoms with Gasteiger partial charge in [-0.2, -0.15) is 0 Å². The topological polar surface area (TPSA) is 56.7 Å². The summed E-state index contributed by atoms with van der Waals surface area (Å²) in [5.74, 6) is 2.91. The molecule has 6 nitrogen and oxygen atoms in total. The number of methoxy groups -OCH3 is 2. The average molecular weight is 379 g/mol. The van der Waals surface area contributed by atoms with E-state index in [0.29, 0.717) is 17.3 Å². The summed E-state index contributed by atoms with van der Waals surface area (Å²) in [7, 11) is 3.27. The SMILES string of the molecule is COc1cc2nc(-c3ccccc3)nc(N3C[C@@H](C)O[C@H](C)C3)c2cc1OC. The predicted octanol–water partition coefficient (Wildman–Crippen LogP) is 3.93. The number of hydrogen-bond acceptors (Lipinski definition) is 6. The van der Waals surface area contributed by atoms with Gasteiger partial charge in [-0.15, -0.1) is 0 Å². The van der Waals surface area contributed by atoms with E-state index in [2.05, 4.69) is 18.7 Å². The minimum Gasteiger partial charge on any atom is -0.493 e. The highest BCUT2D eigenvalue weighted by Gasteiger charge is 2.26. The van der Waals surface area contributed by atoms with Crippen LogP contribution in [0, 0.1) is 0 Å². The minimum absolute atomic E-state index is 0.133. The van der Waals surface area contributed by atoms with E-state index in [1.54, 1.807) is 14.2 Å². The van der Waals surface area contributed by atoms with Crippen LogP contribution in [-0.2, 0) is 4.74 Å². The summed E-state index contributed by atoms with van der Waals surface area (Å²) in [6, 6.07) is 13.9. The Morgan fingerprint density at radius 2 is 1.57 bits per heavy atom. The van der Waals surface area contributed by atoms with Crippen molar-refractivity contribution < 1.29 is 14.2 Å². The number of hydrogen-bond donors (Lipinski definition) is 0. The summed E-state index contributed by atoms with van der Waals surface area (Å²) in [6.45, 7) is 5.74. The van der Waals surface area contributed by atoms with E-state index >= 15 is 0 Å². The van der Waals surface area contributed by atoms with Gasteiger partial charge in [0.15, 0.2) is 17.3 Å². The van der Waals surface area contributed by atoms with Gasteiger partial charge in [-0.3, -0.25) is 0 Å². The normalized spacial score (nSPS) is 19.6. The van der Waals surface area contributed by atoms with Crippen molar-refractivity contribution in [3.63, 3.8) is 0 Å². The molecule has 28 heavy (non-hydrogen) atoms. The highest BCUT2D eigenvalue weighted by molar-refractivity contribution is 5.93. The number of morpholine rings is 1. The molecule has 0 N–H and O–H groups in total. The Hall–Kier alpha value is -2.86. The van der Waals surface area contributed by atoms with Crippen molar-refractivity contribution >= 4 is 16.7 Å². The molecule has 1 saturated heterocycles. The molecule has 146 valence electrons. The third-order valence-electron chi connectivity index (χ3n) is 4.93. The number of ether oxygens (including phenoxy) is 3. The Balaban J connectivity index is 1.94. The van der Waals surface area contributed by atoms with E-state index in [1.165, 1.54) is 0 Å². The second-order valence-corrected chi connectivity index (χ2v) is 7.12. The lowest BCUT2D eigenvalue weighted by Crippen LogP contribution is -2.46. The summed E-state index contributed by atoms with van der Waals surface area (Å²) < 4.78 is 16.9. The summed E-state index contributed by atoms with van der Waals surface area (Å²) >= 11 is 0. The van der Waals surface area contributed by atoms with Crippen molar-refractivity contribution in [3.8, 4) is 22.9 Å². The molecule has 2 aromatic carbocycles. The molecule has 0 radical (unpaired) electrons. The Labute approximate surface area is 165 Å². The average Bonchev–Trinajstić information content (AvgIpc) is 2.71. The lowest BCUT2D eigenvalue weighted by Gasteiger charge is -2.36. The fourth-order valence-electron chi connectivity index (χ4n) is 3.75. The van der Waals surface area contributed by atoms with Gasteiger partial charge >= 0.3 is 0 Å². The lowest BCUT2D eigenvalue weighted by atomic mass is 10.1. The van der Waals surface area contributed by atoms with Crippen LogP contribution >= 0.6 is 0 Å². The molecule has 1 fully saturated rings. The maximum absolute atomic E-state index is 5.92. The molecule has 0 saturated carbocycles. The molecule has 2 atom stereocenters. The zero-order valence-corrected chi connectivity index (χ0v) is 16.7. The van der Waals surface area contributed by atoms with Crippen molar-refractivity contribution in [1.82, 2.24) is 9.97 Å². The minimum atomic E-state index is 0.133. The van der Waals surface area contributed by atoms with Gasteiger partial charge in [0.25, 0.3) is 0 Å². The fraction of sp³-hybridized carbons (Fsp3) is 0.364. The smallest absolute Gasteiger partial charge is 0.162 e. The molecule has 6 heteroatoms. The largest absolute Gasteiger partial charge is 0.493 e. The number of anilines is 1. The van der Waals surface area contributed by atoms with Crippen LogP contribution in [0.15, 0.2) is 42.5 Å². The Kier molecular flexibility index (Phi) is 5.05. The van der Waals surface area contributed by atoms with E-state index in [-0.39, 0.29) is 12.2 Å². The molecule has 0 bridgehead atoms. The zero-order valence-electron chi connectivity index (χ0n) is 16.7. The highest BCUT2D eigenvalue weighted by atomic mass is 16.5. The summed E-state index contributed by atoms with van der Waals surface area (Å²) in [6.07, 6.45) is 0.267. The second kappa shape index (κ2) is 7.64. The molecule has 0 spiro atoms. The molecule has 3 aromatic rings. The molecule has 0 amide bonds. The number of benzene rings is 2. The number of aromatic nitrogens is 2. The van der Waals surface area contributed by atoms with Gasteiger partial charge in [-0.05, 0) is 19.9 Å². The van der Waals surface area contributed by atoms with Crippen LogP contribution in [0.4, 0.5) is 5.82 Å². The van der Waals surface area contributed by atoms with Crippen molar-refractivity contribution in [2.75, 3.05) is 32.2 Å². The van der Waals surface area contributed by atoms with Gasteiger partial charge in [0.1, 0.15) is 5.82 Å². The van der Waals surface area contributed by atoms with Crippen LogP contribution in [0.5, 0.6) is 11.5 Å². The predicted molar refractivity (Wildman–Crippen MR) is 110 cm³/mol. The molecule has 1 aliphatic rings. The van der Waals surface area contributed by atoms with E-state index in [1.807, 2.05) is 42.5 Å². The van der Waals surface area contributed by atoms with E-state index in [9.17, 15) is 0 Å². The van der Waals surface area contributed by atoms with E-state index in [0.717, 1.165) is 35.4 Å². The van der Waals surface area contributed by atoms with Gasteiger partial charge in [0.2, 0.25) is 0 Å². The van der Waals surface area contributed by atoms with Crippen LogP contribution in [0.3, 0.4) is 0 Å². The van der Waals surface area contributed by atoms with Crippen molar-refractivity contribution in [3.05, 3.63) is 42.5 Å². The molecule has 1 aromatic heterocycles. The first-order valence-corrected chi connectivity index (χ1v) is 9.48. The van der Waals surface area contributed by atoms with Gasteiger partial charge in [0.05, 0.1) is 31.9 Å². The first-order valence-electron chi connectivity index (χ1n) is 9.48. The van der Waals surface area contributed by atoms with Gasteiger partial charge in [-0.25, -0.2) is 9.97 Å². The van der Waals surface area contributed by atoms with E-state index < -0.39 is 0 Å². The van der Waals surface area contributed by atoms with Crippen molar-refractivity contribution in [2.45, 2.75) is 26.1 Å². The van der Waals surface area contributed by atoms with Crippen molar-refractivity contribution in [1.29, 1.82) is 0 Å². The summed E-state index contributed by atoms with van der Waals surface area (Å²) in [4.78, 5) is 12.1. The van der Waals surface area contributed by atoms with Crippen LogP contribution in [0.1, 0.15) is 13.8 Å². The Morgan fingerprint density at radius 1 is 0.929 bits per heavy atom.